The highest BCUT2D eigenvalue weighted by Gasteiger charge is 2.34. The monoisotopic (exact) mass is 220 g/mol. The Hall–Kier alpha value is -1.35. The minimum atomic E-state index is -0.923. The maximum Gasteiger partial charge on any atom is 0.335 e. The first kappa shape index (κ1) is 11.1. The van der Waals surface area contributed by atoms with E-state index in [4.69, 9.17) is 5.11 Å². The highest BCUT2D eigenvalue weighted by Crippen LogP contribution is 2.39. The van der Waals surface area contributed by atoms with E-state index >= 15 is 0 Å². The van der Waals surface area contributed by atoms with Gasteiger partial charge in [0.1, 0.15) is 0 Å². The lowest BCUT2D eigenvalue weighted by atomic mass is 9.88. The molecule has 1 aromatic carbocycles. The zero-order valence-electron chi connectivity index (χ0n) is 9.36. The predicted molar refractivity (Wildman–Crippen MR) is 60.5 cm³/mol. The Morgan fingerprint density at radius 2 is 1.94 bits per heavy atom. The van der Waals surface area contributed by atoms with E-state index in [-0.39, 0.29) is 5.56 Å². The second-order valence-electron chi connectivity index (χ2n) is 4.57. The Kier molecular flexibility index (Phi) is 2.72. The summed E-state index contributed by atoms with van der Waals surface area (Å²) in [6, 6.07) is 4.96. The lowest BCUT2D eigenvalue weighted by Gasteiger charge is -2.24. The SMILES string of the molecule is Cc1cc(C(=O)O)ccc1C1(O)CCCC1. The standard InChI is InChI=1S/C13H16O3/c1-9-8-10(12(14)15)4-5-11(9)13(16)6-2-3-7-13/h4-5,8,16H,2-3,6-7H2,1H3,(H,14,15). The van der Waals surface area contributed by atoms with Crippen molar-refractivity contribution in [2.24, 2.45) is 0 Å². The van der Waals surface area contributed by atoms with E-state index in [2.05, 4.69) is 0 Å². The molecule has 0 amide bonds. The molecule has 0 radical (unpaired) electrons. The van der Waals surface area contributed by atoms with E-state index in [9.17, 15) is 9.90 Å². The van der Waals surface area contributed by atoms with Gasteiger partial charge in [0.25, 0.3) is 0 Å². The Morgan fingerprint density at radius 3 is 2.44 bits per heavy atom. The fourth-order valence-corrected chi connectivity index (χ4v) is 2.55. The second kappa shape index (κ2) is 3.91. The van der Waals surface area contributed by atoms with Crippen LogP contribution in [0.3, 0.4) is 0 Å². The van der Waals surface area contributed by atoms with Gasteiger partial charge in [0.05, 0.1) is 11.2 Å². The van der Waals surface area contributed by atoms with Crippen molar-refractivity contribution >= 4 is 5.97 Å². The van der Waals surface area contributed by atoms with Crippen LogP contribution in [0.2, 0.25) is 0 Å². The summed E-state index contributed by atoms with van der Waals surface area (Å²) < 4.78 is 0. The summed E-state index contributed by atoms with van der Waals surface area (Å²) in [5.74, 6) is -0.923. The van der Waals surface area contributed by atoms with Crippen LogP contribution in [0.4, 0.5) is 0 Å². The summed E-state index contributed by atoms with van der Waals surface area (Å²) in [7, 11) is 0. The summed E-state index contributed by atoms with van der Waals surface area (Å²) in [6.07, 6.45) is 3.63. The first-order chi connectivity index (χ1) is 7.53. The summed E-state index contributed by atoms with van der Waals surface area (Å²) in [5.41, 5.74) is 1.29. The van der Waals surface area contributed by atoms with Crippen molar-refractivity contribution in [3.8, 4) is 0 Å². The normalized spacial score (nSPS) is 18.6. The summed E-state index contributed by atoms with van der Waals surface area (Å²) in [5, 5.41) is 19.3. The number of hydrogen-bond donors (Lipinski definition) is 2. The van der Waals surface area contributed by atoms with Gasteiger partial charge < -0.3 is 10.2 Å². The van der Waals surface area contributed by atoms with Crippen molar-refractivity contribution in [2.75, 3.05) is 0 Å². The molecule has 1 aromatic rings. The minimum Gasteiger partial charge on any atom is -0.478 e. The quantitative estimate of drug-likeness (QED) is 0.804. The van der Waals surface area contributed by atoms with Crippen LogP contribution < -0.4 is 0 Å². The number of rotatable bonds is 2. The molecule has 1 aliphatic rings. The number of hydrogen-bond acceptors (Lipinski definition) is 2. The summed E-state index contributed by atoms with van der Waals surface area (Å²) >= 11 is 0. The van der Waals surface area contributed by atoms with Crippen LogP contribution in [-0.2, 0) is 5.60 Å². The molecular formula is C13H16O3. The van der Waals surface area contributed by atoms with Gasteiger partial charge in [-0.1, -0.05) is 18.9 Å². The number of aromatic carboxylic acids is 1. The molecule has 0 aromatic heterocycles. The number of carbonyl (C=O) groups is 1. The third-order valence-electron chi connectivity index (χ3n) is 3.41. The van der Waals surface area contributed by atoms with Crippen LogP contribution in [-0.4, -0.2) is 16.2 Å². The van der Waals surface area contributed by atoms with Gasteiger partial charge in [-0.3, -0.25) is 0 Å². The third kappa shape index (κ3) is 1.83. The average Bonchev–Trinajstić information content (AvgIpc) is 2.65. The van der Waals surface area contributed by atoms with Crippen molar-refractivity contribution in [3.63, 3.8) is 0 Å². The van der Waals surface area contributed by atoms with E-state index in [0.717, 1.165) is 36.8 Å². The molecule has 3 heteroatoms. The molecule has 0 bridgehead atoms. The fraction of sp³-hybridized carbons (Fsp3) is 0.462. The van der Waals surface area contributed by atoms with Gasteiger partial charge in [-0.05, 0) is 43.0 Å². The second-order valence-corrected chi connectivity index (χ2v) is 4.57. The summed E-state index contributed by atoms with van der Waals surface area (Å²) in [4.78, 5) is 10.8. The van der Waals surface area contributed by atoms with Crippen molar-refractivity contribution in [1.82, 2.24) is 0 Å². The van der Waals surface area contributed by atoms with Crippen LogP contribution in [0.5, 0.6) is 0 Å². The molecule has 0 atom stereocenters. The molecule has 3 nitrogen and oxygen atoms in total. The topological polar surface area (TPSA) is 57.5 Å². The molecule has 1 aliphatic carbocycles. The van der Waals surface area contributed by atoms with E-state index in [0.29, 0.717) is 0 Å². The van der Waals surface area contributed by atoms with Gasteiger partial charge in [-0.25, -0.2) is 4.79 Å². The van der Waals surface area contributed by atoms with E-state index < -0.39 is 11.6 Å². The van der Waals surface area contributed by atoms with Gasteiger partial charge in [0.2, 0.25) is 0 Å². The molecule has 0 heterocycles. The summed E-state index contributed by atoms with van der Waals surface area (Å²) in [6.45, 7) is 1.86. The van der Waals surface area contributed by atoms with Crippen molar-refractivity contribution in [1.29, 1.82) is 0 Å². The lowest BCUT2D eigenvalue weighted by molar-refractivity contribution is 0.0437. The van der Waals surface area contributed by atoms with Gasteiger partial charge in [-0.15, -0.1) is 0 Å². The van der Waals surface area contributed by atoms with E-state index in [1.54, 1.807) is 18.2 Å². The Labute approximate surface area is 94.7 Å². The van der Waals surface area contributed by atoms with Crippen LogP contribution >= 0.6 is 0 Å². The molecule has 0 saturated heterocycles. The van der Waals surface area contributed by atoms with Crippen LogP contribution in [0.15, 0.2) is 18.2 Å². The fourth-order valence-electron chi connectivity index (χ4n) is 2.55. The molecule has 0 aliphatic heterocycles. The van der Waals surface area contributed by atoms with Crippen LogP contribution in [0.1, 0.15) is 47.2 Å². The molecule has 16 heavy (non-hydrogen) atoms. The van der Waals surface area contributed by atoms with Gasteiger partial charge in [-0.2, -0.15) is 0 Å². The molecule has 2 N–H and O–H groups in total. The van der Waals surface area contributed by atoms with Gasteiger partial charge in [0, 0.05) is 0 Å². The van der Waals surface area contributed by atoms with Crippen LogP contribution in [0, 0.1) is 6.92 Å². The van der Waals surface area contributed by atoms with Crippen molar-refractivity contribution in [3.05, 3.63) is 34.9 Å². The molecule has 0 spiro atoms. The van der Waals surface area contributed by atoms with Gasteiger partial charge in [0.15, 0.2) is 0 Å². The highest BCUT2D eigenvalue weighted by molar-refractivity contribution is 5.87. The van der Waals surface area contributed by atoms with Crippen molar-refractivity contribution in [2.45, 2.75) is 38.2 Å². The number of carboxylic acids is 1. The largest absolute Gasteiger partial charge is 0.478 e. The van der Waals surface area contributed by atoms with E-state index in [1.165, 1.54) is 0 Å². The molecule has 1 fully saturated rings. The van der Waals surface area contributed by atoms with E-state index in [1.807, 2.05) is 6.92 Å². The number of aliphatic hydroxyl groups is 1. The average molecular weight is 220 g/mol. The molecular weight excluding hydrogens is 204 g/mol. The molecule has 86 valence electrons. The minimum absolute atomic E-state index is 0.280. The molecule has 1 saturated carbocycles. The Morgan fingerprint density at radius 1 is 1.31 bits per heavy atom. The number of aryl methyl sites for hydroxylation is 1. The van der Waals surface area contributed by atoms with Crippen molar-refractivity contribution < 1.29 is 15.0 Å². The third-order valence-corrected chi connectivity index (χ3v) is 3.41. The number of carboxylic acid groups (broad SMARTS) is 1. The van der Waals surface area contributed by atoms with Gasteiger partial charge >= 0.3 is 5.97 Å². The Bertz CT molecular complexity index is 417. The first-order valence-electron chi connectivity index (χ1n) is 5.60. The zero-order chi connectivity index (χ0) is 11.8. The molecule has 0 unspecified atom stereocenters. The highest BCUT2D eigenvalue weighted by atomic mass is 16.4. The lowest BCUT2D eigenvalue weighted by Crippen LogP contribution is -2.22. The Balaban J connectivity index is 2.39. The number of benzene rings is 1. The molecule has 2 rings (SSSR count). The van der Waals surface area contributed by atoms with Crippen LogP contribution in [0.25, 0.3) is 0 Å². The maximum atomic E-state index is 10.8. The predicted octanol–water partition coefficient (Wildman–Crippen LogP) is 2.45. The maximum absolute atomic E-state index is 10.8. The first-order valence-corrected chi connectivity index (χ1v) is 5.60. The smallest absolute Gasteiger partial charge is 0.335 e. The zero-order valence-corrected chi connectivity index (χ0v) is 9.36.